The first-order valence-electron chi connectivity index (χ1n) is 5.97. The standard InChI is InChI=1S/C15H10N2O3/c18-15(19)14-17-16-13(20-14)12-8-6-11(7-9-12)10-4-2-1-3-5-10/h1-9H,(H,18,19). The van der Waals surface area contributed by atoms with Gasteiger partial charge in [-0.05, 0) is 23.3 Å². The normalized spacial score (nSPS) is 10.4. The topological polar surface area (TPSA) is 76.2 Å². The molecule has 98 valence electrons. The summed E-state index contributed by atoms with van der Waals surface area (Å²) >= 11 is 0. The lowest BCUT2D eigenvalue weighted by Gasteiger charge is -2.01. The Bertz CT molecular complexity index is 733. The van der Waals surface area contributed by atoms with Crippen molar-refractivity contribution in [1.82, 2.24) is 10.2 Å². The van der Waals surface area contributed by atoms with E-state index in [1.165, 1.54) is 0 Å². The van der Waals surface area contributed by atoms with Gasteiger partial charge in [0.2, 0.25) is 5.89 Å². The molecule has 0 amide bonds. The van der Waals surface area contributed by atoms with E-state index in [4.69, 9.17) is 9.52 Å². The molecule has 0 unspecified atom stereocenters. The Morgan fingerprint density at radius 2 is 1.45 bits per heavy atom. The fourth-order valence-electron chi connectivity index (χ4n) is 1.86. The van der Waals surface area contributed by atoms with Crippen LogP contribution in [0.5, 0.6) is 0 Å². The molecule has 0 radical (unpaired) electrons. The van der Waals surface area contributed by atoms with E-state index in [2.05, 4.69) is 10.2 Å². The van der Waals surface area contributed by atoms with Crippen molar-refractivity contribution in [3.05, 3.63) is 60.5 Å². The van der Waals surface area contributed by atoms with Gasteiger partial charge in [0, 0.05) is 5.56 Å². The second-order valence-electron chi connectivity index (χ2n) is 4.16. The van der Waals surface area contributed by atoms with Gasteiger partial charge >= 0.3 is 11.9 Å². The largest absolute Gasteiger partial charge is 0.474 e. The molecule has 0 atom stereocenters. The van der Waals surface area contributed by atoms with Crippen molar-refractivity contribution in [2.45, 2.75) is 0 Å². The lowest BCUT2D eigenvalue weighted by Crippen LogP contribution is -1.95. The van der Waals surface area contributed by atoms with Gasteiger partial charge in [0.05, 0.1) is 0 Å². The van der Waals surface area contributed by atoms with E-state index in [-0.39, 0.29) is 5.89 Å². The van der Waals surface area contributed by atoms with E-state index in [9.17, 15) is 4.79 Å². The molecule has 0 saturated carbocycles. The molecule has 1 N–H and O–H groups in total. The minimum Gasteiger partial charge on any atom is -0.474 e. The van der Waals surface area contributed by atoms with Crippen molar-refractivity contribution in [1.29, 1.82) is 0 Å². The van der Waals surface area contributed by atoms with E-state index < -0.39 is 11.9 Å². The molecule has 1 heterocycles. The molecule has 0 aliphatic heterocycles. The molecule has 0 aliphatic carbocycles. The second-order valence-corrected chi connectivity index (χ2v) is 4.16. The van der Waals surface area contributed by atoms with Gasteiger partial charge in [0.1, 0.15) is 0 Å². The Morgan fingerprint density at radius 1 is 0.850 bits per heavy atom. The molecule has 3 rings (SSSR count). The third kappa shape index (κ3) is 2.29. The third-order valence-corrected chi connectivity index (χ3v) is 2.85. The summed E-state index contributed by atoms with van der Waals surface area (Å²) < 4.78 is 5.05. The van der Waals surface area contributed by atoms with Gasteiger partial charge in [-0.15, -0.1) is 10.2 Å². The minimum atomic E-state index is -1.23. The summed E-state index contributed by atoms with van der Waals surface area (Å²) in [4.78, 5) is 10.7. The highest BCUT2D eigenvalue weighted by atomic mass is 16.4. The Morgan fingerprint density at radius 3 is 2.05 bits per heavy atom. The average Bonchev–Trinajstić information content (AvgIpc) is 2.98. The summed E-state index contributed by atoms with van der Waals surface area (Å²) in [5.74, 6) is -1.45. The highest BCUT2D eigenvalue weighted by Crippen LogP contribution is 2.23. The van der Waals surface area contributed by atoms with Crippen LogP contribution in [0.2, 0.25) is 0 Å². The van der Waals surface area contributed by atoms with Crippen molar-refractivity contribution in [2.24, 2.45) is 0 Å². The predicted octanol–water partition coefficient (Wildman–Crippen LogP) is 3.10. The monoisotopic (exact) mass is 266 g/mol. The summed E-state index contributed by atoms with van der Waals surface area (Å²) in [6, 6.07) is 17.4. The fourth-order valence-corrected chi connectivity index (χ4v) is 1.86. The third-order valence-electron chi connectivity index (χ3n) is 2.85. The van der Waals surface area contributed by atoms with Crippen molar-refractivity contribution in [2.75, 3.05) is 0 Å². The van der Waals surface area contributed by atoms with Crippen LogP contribution in [0, 0.1) is 0 Å². The van der Waals surface area contributed by atoms with Gasteiger partial charge in [0.15, 0.2) is 0 Å². The first-order valence-corrected chi connectivity index (χ1v) is 5.97. The number of rotatable bonds is 3. The molecule has 5 heteroatoms. The smallest absolute Gasteiger partial charge is 0.393 e. The number of carboxylic acids is 1. The average molecular weight is 266 g/mol. The highest BCUT2D eigenvalue weighted by molar-refractivity contribution is 5.82. The van der Waals surface area contributed by atoms with Crippen LogP contribution >= 0.6 is 0 Å². The van der Waals surface area contributed by atoms with Crippen molar-refractivity contribution in [3.63, 3.8) is 0 Å². The lowest BCUT2D eigenvalue weighted by atomic mass is 10.0. The minimum absolute atomic E-state index is 0.196. The van der Waals surface area contributed by atoms with Gasteiger partial charge in [0.25, 0.3) is 0 Å². The molecular weight excluding hydrogens is 256 g/mol. The zero-order chi connectivity index (χ0) is 13.9. The summed E-state index contributed by atoms with van der Waals surface area (Å²) in [6.45, 7) is 0. The summed E-state index contributed by atoms with van der Waals surface area (Å²) in [5.41, 5.74) is 2.85. The highest BCUT2D eigenvalue weighted by Gasteiger charge is 2.14. The van der Waals surface area contributed by atoms with E-state index in [0.717, 1.165) is 11.1 Å². The molecule has 0 aliphatic rings. The van der Waals surface area contributed by atoms with Gasteiger partial charge < -0.3 is 9.52 Å². The van der Waals surface area contributed by atoms with Crippen molar-refractivity contribution in [3.8, 4) is 22.6 Å². The summed E-state index contributed by atoms with van der Waals surface area (Å²) in [5, 5.41) is 15.9. The number of aromatic nitrogens is 2. The van der Waals surface area contributed by atoms with Crippen molar-refractivity contribution >= 4 is 5.97 Å². The molecule has 0 saturated heterocycles. The van der Waals surface area contributed by atoms with Gasteiger partial charge in [-0.25, -0.2) is 4.79 Å². The Labute approximate surface area is 114 Å². The van der Waals surface area contributed by atoms with Gasteiger partial charge in [-0.3, -0.25) is 0 Å². The maximum absolute atomic E-state index is 10.7. The number of aromatic carboxylic acids is 1. The molecule has 0 fully saturated rings. The zero-order valence-corrected chi connectivity index (χ0v) is 10.4. The molecule has 0 bridgehead atoms. The van der Waals surface area contributed by atoms with Crippen LogP contribution in [0.4, 0.5) is 0 Å². The number of nitrogens with zero attached hydrogens (tertiary/aromatic N) is 2. The first-order chi connectivity index (χ1) is 9.74. The van der Waals surface area contributed by atoms with E-state index in [1.807, 2.05) is 54.6 Å². The molecule has 20 heavy (non-hydrogen) atoms. The number of carbonyl (C=O) groups is 1. The van der Waals surface area contributed by atoms with E-state index in [0.29, 0.717) is 5.56 Å². The van der Waals surface area contributed by atoms with Crippen LogP contribution < -0.4 is 0 Å². The summed E-state index contributed by atoms with van der Waals surface area (Å²) in [7, 11) is 0. The van der Waals surface area contributed by atoms with Crippen LogP contribution in [0.25, 0.3) is 22.6 Å². The lowest BCUT2D eigenvalue weighted by molar-refractivity contribution is 0.0654. The van der Waals surface area contributed by atoms with Crippen LogP contribution in [-0.4, -0.2) is 21.3 Å². The Balaban J connectivity index is 1.91. The van der Waals surface area contributed by atoms with Crippen LogP contribution in [0.3, 0.4) is 0 Å². The maximum atomic E-state index is 10.7. The predicted molar refractivity (Wildman–Crippen MR) is 72.1 cm³/mol. The number of hydrogen-bond donors (Lipinski definition) is 1. The second kappa shape index (κ2) is 4.97. The first kappa shape index (κ1) is 12.1. The van der Waals surface area contributed by atoms with E-state index in [1.54, 1.807) is 0 Å². The molecular formula is C15H10N2O3. The van der Waals surface area contributed by atoms with Gasteiger partial charge in [-0.1, -0.05) is 42.5 Å². The molecule has 3 aromatic rings. The molecule has 2 aromatic carbocycles. The Hall–Kier alpha value is -2.95. The van der Waals surface area contributed by atoms with Crippen molar-refractivity contribution < 1.29 is 14.3 Å². The number of hydrogen-bond acceptors (Lipinski definition) is 4. The zero-order valence-electron chi connectivity index (χ0n) is 10.4. The van der Waals surface area contributed by atoms with Crippen LogP contribution in [0.1, 0.15) is 10.7 Å². The number of benzene rings is 2. The van der Waals surface area contributed by atoms with Gasteiger partial charge in [-0.2, -0.15) is 0 Å². The Kier molecular flexibility index (Phi) is 3.01. The van der Waals surface area contributed by atoms with Crippen LogP contribution in [-0.2, 0) is 0 Å². The fraction of sp³-hybridized carbons (Fsp3) is 0. The van der Waals surface area contributed by atoms with Crippen LogP contribution in [0.15, 0.2) is 59.0 Å². The number of carboxylic acid groups (broad SMARTS) is 1. The maximum Gasteiger partial charge on any atom is 0.393 e. The van der Waals surface area contributed by atoms with E-state index >= 15 is 0 Å². The molecule has 5 nitrogen and oxygen atoms in total. The molecule has 0 spiro atoms. The summed E-state index contributed by atoms with van der Waals surface area (Å²) in [6.07, 6.45) is 0. The molecule has 1 aromatic heterocycles. The quantitative estimate of drug-likeness (QED) is 0.788. The SMILES string of the molecule is O=C(O)c1nnc(-c2ccc(-c3ccccc3)cc2)o1.